The Morgan fingerprint density at radius 1 is 1.04 bits per heavy atom. The Morgan fingerprint density at radius 3 is 2.42 bits per heavy atom. The predicted octanol–water partition coefficient (Wildman–Crippen LogP) is 2.42. The first-order valence-corrected chi connectivity index (χ1v) is 8.78. The Bertz CT molecular complexity index is 829. The molecule has 1 saturated heterocycles. The number of hydrogen-bond acceptors (Lipinski definition) is 5. The second kappa shape index (κ2) is 6.72. The second-order valence-electron chi connectivity index (χ2n) is 7.05. The molecule has 136 valence electrons. The van der Waals surface area contributed by atoms with Crippen molar-refractivity contribution in [1.29, 1.82) is 0 Å². The van der Waals surface area contributed by atoms with Gasteiger partial charge >= 0.3 is 0 Å². The lowest BCUT2D eigenvalue weighted by atomic mass is 9.82. The number of piperazine rings is 1. The number of rotatable bonds is 2. The highest BCUT2D eigenvalue weighted by atomic mass is 19.1. The Labute approximate surface area is 150 Å². The number of ketones is 1. The van der Waals surface area contributed by atoms with E-state index in [1.807, 2.05) is 0 Å². The molecular formula is C19H20F2N4O. The van der Waals surface area contributed by atoms with Crippen molar-refractivity contribution in [2.75, 3.05) is 38.1 Å². The van der Waals surface area contributed by atoms with Crippen LogP contribution in [0.4, 0.5) is 14.7 Å². The minimum atomic E-state index is -0.626. The van der Waals surface area contributed by atoms with Gasteiger partial charge in [-0.25, -0.2) is 18.7 Å². The first kappa shape index (κ1) is 17.0. The Kier molecular flexibility index (Phi) is 4.40. The molecule has 7 heteroatoms. The van der Waals surface area contributed by atoms with Crippen LogP contribution in [0.3, 0.4) is 0 Å². The van der Waals surface area contributed by atoms with Crippen molar-refractivity contribution in [2.24, 2.45) is 0 Å². The van der Waals surface area contributed by atoms with Gasteiger partial charge < -0.3 is 9.80 Å². The van der Waals surface area contributed by atoms with Crippen LogP contribution in [-0.2, 0) is 6.42 Å². The average Bonchev–Trinajstić information content (AvgIpc) is 2.61. The van der Waals surface area contributed by atoms with Crippen LogP contribution in [0, 0.1) is 11.6 Å². The molecule has 0 saturated carbocycles. The van der Waals surface area contributed by atoms with Crippen molar-refractivity contribution in [3.8, 4) is 0 Å². The molecule has 5 nitrogen and oxygen atoms in total. The van der Waals surface area contributed by atoms with Gasteiger partial charge in [-0.15, -0.1) is 0 Å². The van der Waals surface area contributed by atoms with Gasteiger partial charge in [-0.05, 0) is 37.1 Å². The summed E-state index contributed by atoms with van der Waals surface area (Å²) in [5.74, 6) is -0.977. The van der Waals surface area contributed by atoms with Gasteiger partial charge in [-0.2, -0.15) is 0 Å². The summed E-state index contributed by atoms with van der Waals surface area (Å²) in [6, 6.07) is 3.44. The Balaban J connectivity index is 1.62. The zero-order valence-electron chi connectivity index (χ0n) is 14.6. The average molecular weight is 358 g/mol. The fourth-order valence-electron chi connectivity index (χ4n) is 3.64. The van der Waals surface area contributed by atoms with Gasteiger partial charge in [0.1, 0.15) is 11.6 Å². The quantitative estimate of drug-likeness (QED) is 0.825. The molecule has 2 heterocycles. The first-order chi connectivity index (χ1) is 12.5. The van der Waals surface area contributed by atoms with Gasteiger partial charge in [-0.3, -0.25) is 4.79 Å². The van der Waals surface area contributed by atoms with Crippen LogP contribution >= 0.6 is 0 Å². The summed E-state index contributed by atoms with van der Waals surface area (Å²) in [6.45, 7) is 3.54. The molecule has 4 rings (SSSR count). The highest BCUT2D eigenvalue weighted by Gasteiger charge is 2.29. The van der Waals surface area contributed by atoms with Gasteiger partial charge in [0.25, 0.3) is 0 Å². The SMILES string of the molecule is CN1CCN(c2ncc3c(n2)CC(c2cc(F)cc(F)c2)CC3=O)CC1. The van der Waals surface area contributed by atoms with Crippen molar-refractivity contribution >= 4 is 11.7 Å². The number of anilines is 1. The van der Waals surface area contributed by atoms with Crippen molar-refractivity contribution in [1.82, 2.24) is 14.9 Å². The number of nitrogens with zero attached hydrogens (tertiary/aromatic N) is 4. The third kappa shape index (κ3) is 3.31. The van der Waals surface area contributed by atoms with Gasteiger partial charge in [0, 0.05) is 44.9 Å². The monoisotopic (exact) mass is 358 g/mol. The van der Waals surface area contributed by atoms with E-state index in [1.165, 1.54) is 12.1 Å². The minimum absolute atomic E-state index is 0.0779. The Morgan fingerprint density at radius 2 is 1.73 bits per heavy atom. The van der Waals surface area contributed by atoms with Crippen LogP contribution in [0.5, 0.6) is 0 Å². The lowest BCUT2D eigenvalue weighted by Gasteiger charge is -2.33. The van der Waals surface area contributed by atoms with E-state index < -0.39 is 11.6 Å². The Hall–Kier alpha value is -2.41. The van der Waals surface area contributed by atoms with Crippen LogP contribution in [0.2, 0.25) is 0 Å². The summed E-state index contributed by atoms with van der Waals surface area (Å²) in [4.78, 5) is 25.8. The zero-order valence-corrected chi connectivity index (χ0v) is 14.6. The highest BCUT2D eigenvalue weighted by molar-refractivity contribution is 5.98. The molecule has 1 aromatic heterocycles. The maximum atomic E-state index is 13.6. The van der Waals surface area contributed by atoms with Crippen LogP contribution < -0.4 is 4.90 Å². The summed E-state index contributed by atoms with van der Waals surface area (Å²) in [5.41, 5.74) is 1.69. The molecule has 0 N–H and O–H groups in total. The lowest BCUT2D eigenvalue weighted by molar-refractivity contribution is 0.0962. The molecule has 0 spiro atoms. The number of likely N-dealkylation sites (N-methyl/N-ethyl adjacent to an activating group) is 1. The van der Waals surface area contributed by atoms with Crippen LogP contribution in [0.15, 0.2) is 24.4 Å². The molecule has 1 aromatic carbocycles. The third-order valence-electron chi connectivity index (χ3n) is 5.17. The molecule has 0 radical (unpaired) electrons. The standard InChI is InChI=1S/C19H20F2N4O/c1-24-2-4-25(5-3-24)19-22-11-16-17(23-19)8-13(9-18(16)26)12-6-14(20)10-15(21)7-12/h6-7,10-11,13H,2-5,8-9H2,1H3. The van der Waals surface area contributed by atoms with Crippen molar-refractivity contribution < 1.29 is 13.6 Å². The van der Waals surface area contributed by atoms with E-state index in [9.17, 15) is 13.6 Å². The number of fused-ring (bicyclic) bond motifs is 1. The first-order valence-electron chi connectivity index (χ1n) is 8.78. The molecule has 1 aliphatic carbocycles. The molecule has 0 amide bonds. The summed E-state index contributed by atoms with van der Waals surface area (Å²) in [7, 11) is 2.08. The van der Waals surface area contributed by atoms with E-state index in [1.54, 1.807) is 6.20 Å². The fourth-order valence-corrected chi connectivity index (χ4v) is 3.64. The molecule has 26 heavy (non-hydrogen) atoms. The number of Topliss-reactive ketones (excluding diaryl/α,β-unsaturated/α-hetero) is 1. The smallest absolute Gasteiger partial charge is 0.225 e. The normalized spacial score (nSPS) is 21.0. The molecule has 1 aliphatic heterocycles. The number of benzene rings is 1. The summed E-state index contributed by atoms with van der Waals surface area (Å²) >= 11 is 0. The van der Waals surface area contributed by atoms with Crippen LogP contribution in [-0.4, -0.2) is 53.9 Å². The molecule has 2 aliphatic rings. The van der Waals surface area contributed by atoms with Gasteiger partial charge in [0.05, 0.1) is 11.3 Å². The van der Waals surface area contributed by atoms with E-state index in [-0.39, 0.29) is 18.1 Å². The predicted molar refractivity (Wildman–Crippen MR) is 93.5 cm³/mol. The number of hydrogen-bond donors (Lipinski definition) is 0. The van der Waals surface area contributed by atoms with Gasteiger partial charge in [0.2, 0.25) is 5.95 Å². The largest absolute Gasteiger partial charge is 0.338 e. The van der Waals surface area contributed by atoms with Crippen LogP contribution in [0.25, 0.3) is 0 Å². The number of halogens is 2. The van der Waals surface area contributed by atoms with E-state index in [4.69, 9.17) is 0 Å². The van der Waals surface area contributed by atoms with E-state index in [2.05, 4.69) is 26.8 Å². The van der Waals surface area contributed by atoms with Crippen molar-refractivity contribution in [3.05, 3.63) is 52.9 Å². The molecule has 1 unspecified atom stereocenters. The topological polar surface area (TPSA) is 49.3 Å². The minimum Gasteiger partial charge on any atom is -0.338 e. The van der Waals surface area contributed by atoms with Gasteiger partial charge in [-0.1, -0.05) is 0 Å². The van der Waals surface area contributed by atoms with Gasteiger partial charge in [0.15, 0.2) is 5.78 Å². The lowest BCUT2D eigenvalue weighted by Crippen LogP contribution is -2.45. The van der Waals surface area contributed by atoms with Crippen molar-refractivity contribution in [2.45, 2.75) is 18.8 Å². The summed E-state index contributed by atoms with van der Waals surface area (Å²) < 4.78 is 27.1. The zero-order chi connectivity index (χ0) is 18.3. The molecular weight excluding hydrogens is 338 g/mol. The molecule has 0 bridgehead atoms. The summed E-state index contributed by atoms with van der Waals surface area (Å²) in [6.07, 6.45) is 2.29. The molecule has 1 atom stereocenters. The highest BCUT2D eigenvalue weighted by Crippen LogP contribution is 2.33. The van der Waals surface area contributed by atoms with E-state index >= 15 is 0 Å². The molecule has 2 aromatic rings. The number of carbonyl (C=O) groups is 1. The fraction of sp³-hybridized carbons (Fsp3) is 0.421. The maximum absolute atomic E-state index is 13.6. The van der Waals surface area contributed by atoms with Crippen LogP contribution in [0.1, 0.15) is 34.0 Å². The molecule has 1 fully saturated rings. The second-order valence-corrected chi connectivity index (χ2v) is 7.05. The number of aromatic nitrogens is 2. The maximum Gasteiger partial charge on any atom is 0.225 e. The third-order valence-corrected chi connectivity index (χ3v) is 5.17. The number of carbonyl (C=O) groups excluding carboxylic acids is 1. The van der Waals surface area contributed by atoms with E-state index in [0.29, 0.717) is 29.2 Å². The summed E-state index contributed by atoms with van der Waals surface area (Å²) in [5, 5.41) is 0. The van der Waals surface area contributed by atoms with Crippen molar-refractivity contribution in [3.63, 3.8) is 0 Å². The van der Waals surface area contributed by atoms with E-state index in [0.717, 1.165) is 32.2 Å².